The van der Waals surface area contributed by atoms with E-state index in [4.69, 9.17) is 14.0 Å². The molecule has 0 radical (unpaired) electrons. The molecule has 1 aliphatic rings. The smallest absolute Gasteiger partial charge is 0.264 e. The van der Waals surface area contributed by atoms with Gasteiger partial charge in [-0.15, -0.1) is 0 Å². The number of aromatic nitrogens is 2. The maximum absolute atomic E-state index is 12.5. The fourth-order valence-electron chi connectivity index (χ4n) is 2.28. The maximum atomic E-state index is 12.5. The third-order valence-corrected chi connectivity index (χ3v) is 5.53. The molecule has 0 amide bonds. The summed E-state index contributed by atoms with van der Waals surface area (Å²) < 4.78 is 42.2. The quantitative estimate of drug-likeness (QED) is 0.771. The monoisotopic (exact) mass is 353 g/mol. The highest BCUT2D eigenvalue weighted by Crippen LogP contribution is 2.21. The summed E-state index contributed by atoms with van der Waals surface area (Å²) in [6.07, 6.45) is 0.692. The van der Waals surface area contributed by atoms with Gasteiger partial charge in [-0.1, -0.05) is 12.1 Å². The van der Waals surface area contributed by atoms with Crippen molar-refractivity contribution in [1.82, 2.24) is 14.4 Å². The van der Waals surface area contributed by atoms with Gasteiger partial charge in [0.05, 0.1) is 18.1 Å². The van der Waals surface area contributed by atoms with Crippen LogP contribution < -0.4 is 4.74 Å². The summed E-state index contributed by atoms with van der Waals surface area (Å²) >= 11 is 0. The Morgan fingerprint density at radius 1 is 1.21 bits per heavy atom. The predicted molar refractivity (Wildman–Crippen MR) is 84.0 cm³/mol. The number of benzene rings is 1. The summed E-state index contributed by atoms with van der Waals surface area (Å²) in [6, 6.07) is 6.30. The fourth-order valence-corrected chi connectivity index (χ4v) is 3.69. The largest absolute Gasteiger partial charge is 0.484 e. The van der Waals surface area contributed by atoms with E-state index in [2.05, 4.69) is 10.1 Å². The van der Waals surface area contributed by atoms with Crippen LogP contribution in [-0.2, 0) is 27.8 Å². The topological polar surface area (TPSA) is 94.8 Å². The van der Waals surface area contributed by atoms with Crippen molar-refractivity contribution in [3.05, 3.63) is 36.0 Å². The Morgan fingerprint density at radius 2 is 1.92 bits per heavy atom. The van der Waals surface area contributed by atoms with Crippen molar-refractivity contribution in [2.24, 2.45) is 0 Å². The molecule has 2 aromatic rings. The van der Waals surface area contributed by atoms with E-state index in [1.54, 1.807) is 12.1 Å². The van der Waals surface area contributed by atoms with Crippen LogP contribution in [0, 0.1) is 0 Å². The number of aryl methyl sites for hydroxylation is 1. The molecule has 130 valence electrons. The van der Waals surface area contributed by atoms with Crippen LogP contribution in [0.3, 0.4) is 0 Å². The highest BCUT2D eigenvalue weighted by atomic mass is 32.2. The van der Waals surface area contributed by atoms with Crippen LogP contribution in [0.5, 0.6) is 5.75 Å². The fraction of sp³-hybridized carbons (Fsp3) is 0.467. The second kappa shape index (κ2) is 7.29. The molecule has 24 heavy (non-hydrogen) atoms. The SMILES string of the molecule is CCc1noc(COc2ccc(S(=O)(=O)N3CCOCC3)cc2)n1. The van der Waals surface area contributed by atoms with E-state index in [0.717, 1.165) is 0 Å². The second-order valence-corrected chi connectivity index (χ2v) is 7.17. The minimum absolute atomic E-state index is 0.141. The lowest BCUT2D eigenvalue weighted by molar-refractivity contribution is 0.0730. The molecule has 3 rings (SSSR count). The maximum Gasteiger partial charge on any atom is 0.264 e. The summed E-state index contributed by atoms with van der Waals surface area (Å²) in [5.74, 6) is 1.55. The third-order valence-electron chi connectivity index (χ3n) is 3.62. The molecule has 1 saturated heterocycles. The molecule has 1 aliphatic heterocycles. The van der Waals surface area contributed by atoms with Gasteiger partial charge in [-0.3, -0.25) is 0 Å². The Labute approximate surface area is 140 Å². The zero-order chi connectivity index (χ0) is 17.0. The molecule has 0 spiro atoms. The summed E-state index contributed by atoms with van der Waals surface area (Å²) in [7, 11) is -3.49. The first-order valence-electron chi connectivity index (χ1n) is 7.72. The molecule has 0 aliphatic carbocycles. The molecule has 0 unspecified atom stereocenters. The van der Waals surface area contributed by atoms with E-state index in [9.17, 15) is 8.42 Å². The normalized spacial score (nSPS) is 16.2. The van der Waals surface area contributed by atoms with Crippen LogP contribution in [0.15, 0.2) is 33.7 Å². The molecule has 0 atom stereocenters. The number of rotatable bonds is 6. The molecule has 8 nitrogen and oxygen atoms in total. The highest BCUT2D eigenvalue weighted by Gasteiger charge is 2.26. The van der Waals surface area contributed by atoms with E-state index in [1.165, 1.54) is 16.4 Å². The number of nitrogens with zero attached hydrogens (tertiary/aromatic N) is 3. The van der Waals surface area contributed by atoms with Gasteiger partial charge in [0.25, 0.3) is 5.89 Å². The van der Waals surface area contributed by atoms with E-state index in [0.29, 0.717) is 50.2 Å². The number of hydrogen-bond acceptors (Lipinski definition) is 7. The van der Waals surface area contributed by atoms with Crippen LogP contribution in [0.4, 0.5) is 0 Å². The van der Waals surface area contributed by atoms with E-state index < -0.39 is 10.0 Å². The van der Waals surface area contributed by atoms with E-state index >= 15 is 0 Å². The Kier molecular flexibility index (Phi) is 5.12. The summed E-state index contributed by atoms with van der Waals surface area (Å²) in [5, 5.41) is 3.78. The lowest BCUT2D eigenvalue weighted by atomic mass is 10.3. The molecule has 9 heteroatoms. The van der Waals surface area contributed by atoms with Gasteiger partial charge in [0, 0.05) is 19.5 Å². The second-order valence-electron chi connectivity index (χ2n) is 5.23. The van der Waals surface area contributed by atoms with Crippen molar-refractivity contribution in [3.8, 4) is 5.75 Å². The Balaban J connectivity index is 1.64. The minimum Gasteiger partial charge on any atom is -0.484 e. The van der Waals surface area contributed by atoms with Crippen LogP contribution in [0.2, 0.25) is 0 Å². The van der Waals surface area contributed by atoms with Gasteiger partial charge in [-0.25, -0.2) is 8.42 Å². The highest BCUT2D eigenvalue weighted by molar-refractivity contribution is 7.89. The van der Waals surface area contributed by atoms with E-state index in [-0.39, 0.29) is 11.5 Å². The molecule has 0 N–H and O–H groups in total. The Bertz CT molecular complexity index is 767. The number of hydrogen-bond donors (Lipinski definition) is 0. The van der Waals surface area contributed by atoms with Crippen molar-refractivity contribution in [3.63, 3.8) is 0 Å². The molecular weight excluding hydrogens is 334 g/mol. The molecule has 0 saturated carbocycles. The molecule has 0 bridgehead atoms. The lowest BCUT2D eigenvalue weighted by Crippen LogP contribution is -2.40. The number of ether oxygens (including phenoxy) is 2. The van der Waals surface area contributed by atoms with Crippen molar-refractivity contribution in [1.29, 1.82) is 0 Å². The van der Waals surface area contributed by atoms with Gasteiger partial charge in [-0.05, 0) is 24.3 Å². The van der Waals surface area contributed by atoms with Crippen LogP contribution in [-0.4, -0.2) is 49.2 Å². The van der Waals surface area contributed by atoms with Crippen molar-refractivity contribution >= 4 is 10.0 Å². The van der Waals surface area contributed by atoms with Crippen LogP contribution >= 0.6 is 0 Å². The molecule has 1 aromatic heterocycles. The molecule has 1 aromatic carbocycles. The van der Waals surface area contributed by atoms with Crippen molar-refractivity contribution in [2.45, 2.75) is 24.8 Å². The van der Waals surface area contributed by atoms with Crippen LogP contribution in [0.1, 0.15) is 18.6 Å². The van der Waals surface area contributed by atoms with Gasteiger partial charge < -0.3 is 14.0 Å². The Hall–Kier alpha value is -1.97. The van der Waals surface area contributed by atoms with Gasteiger partial charge in [0.2, 0.25) is 10.0 Å². The zero-order valence-corrected chi connectivity index (χ0v) is 14.2. The summed E-state index contributed by atoms with van der Waals surface area (Å²) in [5.41, 5.74) is 0. The van der Waals surface area contributed by atoms with Gasteiger partial charge in [0.1, 0.15) is 5.75 Å². The van der Waals surface area contributed by atoms with Gasteiger partial charge in [0.15, 0.2) is 12.4 Å². The number of sulfonamides is 1. The standard InChI is InChI=1S/C15H19N3O5S/c1-2-14-16-15(23-17-14)11-22-12-3-5-13(6-4-12)24(19,20)18-7-9-21-10-8-18/h3-6H,2,7-11H2,1H3. The molecule has 1 fully saturated rings. The van der Waals surface area contributed by atoms with Gasteiger partial charge in [-0.2, -0.15) is 9.29 Å². The summed E-state index contributed by atoms with van der Waals surface area (Å²) in [4.78, 5) is 4.38. The van der Waals surface area contributed by atoms with E-state index in [1.807, 2.05) is 6.92 Å². The van der Waals surface area contributed by atoms with Crippen molar-refractivity contribution < 1.29 is 22.4 Å². The summed E-state index contributed by atoms with van der Waals surface area (Å²) in [6.45, 7) is 3.66. The third kappa shape index (κ3) is 3.74. The average Bonchev–Trinajstić information content (AvgIpc) is 3.09. The first kappa shape index (κ1) is 16.9. The van der Waals surface area contributed by atoms with Crippen LogP contribution in [0.25, 0.3) is 0 Å². The lowest BCUT2D eigenvalue weighted by Gasteiger charge is -2.26. The first-order valence-corrected chi connectivity index (χ1v) is 9.16. The minimum atomic E-state index is -3.49. The number of morpholine rings is 1. The first-order chi connectivity index (χ1) is 11.6. The Morgan fingerprint density at radius 3 is 2.54 bits per heavy atom. The van der Waals surface area contributed by atoms with Gasteiger partial charge >= 0.3 is 0 Å². The molecule has 2 heterocycles. The zero-order valence-electron chi connectivity index (χ0n) is 13.3. The molecular formula is C15H19N3O5S. The average molecular weight is 353 g/mol. The van der Waals surface area contributed by atoms with Crippen molar-refractivity contribution in [2.75, 3.05) is 26.3 Å². The predicted octanol–water partition coefficient (Wildman–Crippen LogP) is 1.23.